The Hall–Kier alpha value is -1.84. The molecule has 16 heavy (non-hydrogen) atoms. The summed E-state index contributed by atoms with van der Waals surface area (Å²) in [6.45, 7) is 3.92. The molecule has 1 unspecified atom stereocenters. The largest absolute Gasteiger partial charge is 0.331 e. The Labute approximate surface area is 94.7 Å². The number of rotatable bonds is 4. The Morgan fingerprint density at radius 2 is 2.06 bits per heavy atom. The van der Waals surface area contributed by atoms with Gasteiger partial charge in [0.25, 0.3) is 0 Å². The molecule has 4 nitrogen and oxygen atoms in total. The molecule has 1 atom stereocenters. The monoisotopic (exact) mass is 217 g/mol. The molecule has 0 aliphatic heterocycles. The smallest absolute Gasteiger partial charge is 0.321 e. The van der Waals surface area contributed by atoms with Crippen LogP contribution in [0.25, 0.3) is 0 Å². The Balaban J connectivity index is 2.12. The molecule has 0 fully saturated rings. The topological polar surface area (TPSA) is 51.0 Å². The van der Waals surface area contributed by atoms with E-state index in [4.69, 9.17) is 4.52 Å². The van der Waals surface area contributed by atoms with Crippen molar-refractivity contribution in [1.29, 1.82) is 0 Å². The number of nitrogens with zero attached hydrogens (tertiary/aromatic N) is 2. The third-order valence-corrected chi connectivity index (χ3v) is 2.44. The SMILES string of the molecule is CCC(Nc1nc(C)no1)c1ccccc1. The van der Waals surface area contributed by atoms with Gasteiger partial charge in [-0.25, -0.2) is 0 Å². The molecule has 0 saturated heterocycles. The summed E-state index contributed by atoms with van der Waals surface area (Å²) in [6, 6.07) is 10.9. The van der Waals surface area contributed by atoms with Gasteiger partial charge in [0, 0.05) is 0 Å². The van der Waals surface area contributed by atoms with Crippen molar-refractivity contribution in [2.45, 2.75) is 26.3 Å². The highest BCUT2D eigenvalue weighted by Crippen LogP contribution is 2.20. The van der Waals surface area contributed by atoms with Gasteiger partial charge in [-0.15, -0.1) is 0 Å². The Morgan fingerprint density at radius 3 is 2.62 bits per heavy atom. The summed E-state index contributed by atoms with van der Waals surface area (Å²) in [5.74, 6) is 0.644. The second-order valence-electron chi connectivity index (χ2n) is 3.66. The standard InChI is InChI=1S/C12H15N3O/c1-3-11(10-7-5-4-6-8-10)14-12-13-9(2)15-16-12/h4-8,11H,3H2,1-2H3,(H,13,14,15). The van der Waals surface area contributed by atoms with E-state index in [1.54, 1.807) is 6.92 Å². The molecule has 1 N–H and O–H groups in total. The first-order valence-electron chi connectivity index (χ1n) is 5.41. The molecule has 1 aromatic heterocycles. The van der Waals surface area contributed by atoms with Crippen LogP contribution in [-0.4, -0.2) is 10.1 Å². The van der Waals surface area contributed by atoms with Gasteiger partial charge in [-0.1, -0.05) is 42.4 Å². The molecule has 1 heterocycles. The van der Waals surface area contributed by atoms with Crippen LogP contribution in [0, 0.1) is 6.92 Å². The van der Waals surface area contributed by atoms with Crippen LogP contribution in [-0.2, 0) is 0 Å². The average Bonchev–Trinajstić information content (AvgIpc) is 2.73. The summed E-state index contributed by atoms with van der Waals surface area (Å²) >= 11 is 0. The molecule has 0 amide bonds. The number of aryl methyl sites for hydroxylation is 1. The molecule has 4 heteroatoms. The Bertz CT molecular complexity index is 439. The lowest BCUT2D eigenvalue weighted by molar-refractivity contribution is 0.421. The minimum absolute atomic E-state index is 0.209. The Morgan fingerprint density at radius 1 is 1.31 bits per heavy atom. The number of aromatic nitrogens is 2. The highest BCUT2D eigenvalue weighted by Gasteiger charge is 2.11. The van der Waals surface area contributed by atoms with E-state index in [9.17, 15) is 0 Å². The third-order valence-electron chi connectivity index (χ3n) is 2.44. The highest BCUT2D eigenvalue weighted by molar-refractivity contribution is 5.29. The third kappa shape index (κ3) is 2.39. The molecule has 2 aromatic rings. The summed E-state index contributed by atoms with van der Waals surface area (Å²) in [7, 11) is 0. The summed E-state index contributed by atoms with van der Waals surface area (Å²) in [5.41, 5.74) is 1.22. The molecule has 0 spiro atoms. The van der Waals surface area contributed by atoms with E-state index in [0.717, 1.165) is 6.42 Å². The molecule has 0 radical (unpaired) electrons. The van der Waals surface area contributed by atoms with Gasteiger partial charge in [0.05, 0.1) is 6.04 Å². The van der Waals surface area contributed by atoms with Crippen LogP contribution in [0.15, 0.2) is 34.9 Å². The summed E-state index contributed by atoms with van der Waals surface area (Å²) < 4.78 is 5.05. The maximum absolute atomic E-state index is 5.05. The molecule has 0 aliphatic rings. The van der Waals surface area contributed by atoms with Crippen molar-refractivity contribution in [3.05, 3.63) is 41.7 Å². The van der Waals surface area contributed by atoms with E-state index in [1.165, 1.54) is 5.56 Å². The summed E-state index contributed by atoms with van der Waals surface area (Å²) in [5, 5.41) is 6.97. The predicted octanol–water partition coefficient (Wildman–Crippen LogP) is 2.94. The average molecular weight is 217 g/mol. The minimum atomic E-state index is 0.209. The van der Waals surface area contributed by atoms with Crippen LogP contribution in [0.2, 0.25) is 0 Å². The lowest BCUT2D eigenvalue weighted by Crippen LogP contribution is -2.09. The van der Waals surface area contributed by atoms with Gasteiger partial charge in [-0.3, -0.25) is 0 Å². The zero-order chi connectivity index (χ0) is 11.4. The van der Waals surface area contributed by atoms with Crippen LogP contribution >= 0.6 is 0 Å². The number of benzene rings is 1. The molecule has 0 saturated carbocycles. The van der Waals surface area contributed by atoms with Crippen molar-refractivity contribution in [2.75, 3.05) is 5.32 Å². The van der Waals surface area contributed by atoms with E-state index in [-0.39, 0.29) is 6.04 Å². The molecular weight excluding hydrogens is 202 g/mol. The van der Waals surface area contributed by atoms with Gasteiger partial charge in [0.1, 0.15) is 0 Å². The molecule has 1 aromatic carbocycles. The van der Waals surface area contributed by atoms with Crippen molar-refractivity contribution in [1.82, 2.24) is 10.1 Å². The quantitative estimate of drug-likeness (QED) is 0.855. The molecule has 2 rings (SSSR count). The van der Waals surface area contributed by atoms with Gasteiger partial charge in [0.15, 0.2) is 5.82 Å². The second kappa shape index (κ2) is 4.79. The highest BCUT2D eigenvalue weighted by atomic mass is 16.5. The van der Waals surface area contributed by atoms with Crippen molar-refractivity contribution in [3.8, 4) is 0 Å². The van der Waals surface area contributed by atoms with Gasteiger partial charge < -0.3 is 9.84 Å². The van der Waals surface area contributed by atoms with E-state index < -0.39 is 0 Å². The molecule has 0 aliphatic carbocycles. The fourth-order valence-corrected chi connectivity index (χ4v) is 1.61. The van der Waals surface area contributed by atoms with E-state index in [2.05, 4.69) is 34.5 Å². The fraction of sp³-hybridized carbons (Fsp3) is 0.333. The van der Waals surface area contributed by atoms with Crippen molar-refractivity contribution in [3.63, 3.8) is 0 Å². The first-order chi connectivity index (χ1) is 7.79. The van der Waals surface area contributed by atoms with E-state index in [1.807, 2.05) is 18.2 Å². The predicted molar refractivity (Wildman–Crippen MR) is 62.1 cm³/mol. The van der Waals surface area contributed by atoms with Crippen LogP contribution in [0.5, 0.6) is 0 Å². The maximum atomic E-state index is 5.05. The number of hydrogen-bond donors (Lipinski definition) is 1. The maximum Gasteiger partial charge on any atom is 0.321 e. The first kappa shape index (κ1) is 10.7. The van der Waals surface area contributed by atoms with Gasteiger partial charge >= 0.3 is 6.01 Å². The van der Waals surface area contributed by atoms with Crippen LogP contribution < -0.4 is 5.32 Å². The zero-order valence-corrected chi connectivity index (χ0v) is 9.47. The van der Waals surface area contributed by atoms with Crippen molar-refractivity contribution >= 4 is 6.01 Å². The van der Waals surface area contributed by atoms with Gasteiger partial charge in [-0.2, -0.15) is 4.98 Å². The number of hydrogen-bond acceptors (Lipinski definition) is 4. The lowest BCUT2D eigenvalue weighted by Gasteiger charge is -2.15. The molecule has 84 valence electrons. The van der Waals surface area contributed by atoms with Gasteiger partial charge in [-0.05, 0) is 18.9 Å². The summed E-state index contributed by atoms with van der Waals surface area (Å²) in [4.78, 5) is 4.14. The van der Waals surface area contributed by atoms with Crippen molar-refractivity contribution < 1.29 is 4.52 Å². The second-order valence-corrected chi connectivity index (χ2v) is 3.66. The molecular formula is C12H15N3O. The summed E-state index contributed by atoms with van der Waals surface area (Å²) in [6.07, 6.45) is 0.964. The first-order valence-corrected chi connectivity index (χ1v) is 5.41. The molecule has 0 bridgehead atoms. The van der Waals surface area contributed by atoms with Crippen LogP contribution in [0.3, 0.4) is 0 Å². The zero-order valence-electron chi connectivity index (χ0n) is 9.47. The van der Waals surface area contributed by atoms with Gasteiger partial charge in [0.2, 0.25) is 0 Å². The van der Waals surface area contributed by atoms with E-state index >= 15 is 0 Å². The van der Waals surface area contributed by atoms with E-state index in [0.29, 0.717) is 11.8 Å². The number of anilines is 1. The van der Waals surface area contributed by atoms with Crippen molar-refractivity contribution in [2.24, 2.45) is 0 Å². The Kier molecular flexibility index (Phi) is 3.19. The normalized spacial score (nSPS) is 12.4. The van der Waals surface area contributed by atoms with Crippen LogP contribution in [0.4, 0.5) is 6.01 Å². The minimum Gasteiger partial charge on any atom is -0.331 e. The van der Waals surface area contributed by atoms with Crippen LogP contribution in [0.1, 0.15) is 30.8 Å². The lowest BCUT2D eigenvalue weighted by atomic mass is 10.1. The fourth-order valence-electron chi connectivity index (χ4n) is 1.61. The number of nitrogens with one attached hydrogen (secondary N) is 1.